The molecule has 0 unspecified atom stereocenters. The Morgan fingerprint density at radius 3 is 2.43 bits per heavy atom. The predicted octanol–water partition coefficient (Wildman–Crippen LogP) is 3.79. The monoisotopic (exact) mass is 451 g/mol. The number of para-hydroxylation sites is 1. The molecule has 1 atom stereocenters. The summed E-state index contributed by atoms with van der Waals surface area (Å²) in [5.41, 5.74) is 0.724. The number of hydrogen-bond donors (Lipinski definition) is 3. The van der Waals surface area contributed by atoms with Crippen LogP contribution >= 0.6 is 74.6 Å². The van der Waals surface area contributed by atoms with E-state index >= 15 is 0 Å². The van der Waals surface area contributed by atoms with Gasteiger partial charge in [-0.25, -0.2) is 0 Å². The molecule has 0 saturated carbocycles. The smallest absolute Gasteiger partial charge is 0.236 e. The van der Waals surface area contributed by atoms with Gasteiger partial charge in [-0.05, 0) is 40.3 Å². The molecule has 1 aromatic carbocycles. The maximum absolute atomic E-state index is 11.3. The number of rotatable bonds is 4. The predicted molar refractivity (Wildman–Crippen MR) is 96.4 cm³/mol. The highest BCUT2D eigenvalue weighted by Gasteiger charge is 2.34. The van der Waals surface area contributed by atoms with Gasteiger partial charge in [-0.15, -0.1) is 11.6 Å². The van der Waals surface area contributed by atoms with Crippen LogP contribution in [0.25, 0.3) is 0 Å². The van der Waals surface area contributed by atoms with E-state index in [2.05, 4.69) is 31.9 Å². The largest absolute Gasteiger partial charge is 0.339 e. The molecule has 4 nitrogen and oxygen atoms in total. The van der Waals surface area contributed by atoms with Crippen LogP contribution in [0.15, 0.2) is 28.7 Å². The molecule has 0 fully saturated rings. The number of alkyl halides is 4. The summed E-state index contributed by atoms with van der Waals surface area (Å²) in [6.45, 7) is 0. The molecule has 1 amide bonds. The number of carbonyl (C=O) groups is 1. The fourth-order valence-corrected chi connectivity index (χ4v) is 2.27. The summed E-state index contributed by atoms with van der Waals surface area (Å²) >= 11 is 31.3. The maximum atomic E-state index is 11.3. The molecular formula is C11H10BrCl4N3OS. The van der Waals surface area contributed by atoms with E-state index in [1.165, 1.54) is 0 Å². The van der Waals surface area contributed by atoms with Gasteiger partial charge in [0, 0.05) is 4.47 Å². The van der Waals surface area contributed by atoms with Crippen LogP contribution in [0, 0.1) is 0 Å². The van der Waals surface area contributed by atoms with Crippen LogP contribution in [0.4, 0.5) is 5.69 Å². The van der Waals surface area contributed by atoms with Crippen molar-refractivity contribution in [1.82, 2.24) is 10.6 Å². The lowest BCUT2D eigenvalue weighted by Gasteiger charge is -2.27. The van der Waals surface area contributed by atoms with Gasteiger partial charge in [0.05, 0.1) is 5.69 Å². The van der Waals surface area contributed by atoms with Crippen LogP contribution < -0.4 is 16.0 Å². The Balaban J connectivity index is 2.73. The number of nitrogens with one attached hydrogen (secondary N) is 3. The standard InChI is InChI=1S/C11H10BrCl4N3OS/c12-6-3-1-2-4-7(6)17-10(21)19-9(11(14,15)16)18-8(20)5-13/h1-4,9H,5H2,(H,18,20)(H2,17,19,21)/t9-/m1/s1. The Morgan fingerprint density at radius 2 is 1.90 bits per heavy atom. The van der Waals surface area contributed by atoms with E-state index in [9.17, 15) is 4.79 Å². The third-order valence-electron chi connectivity index (χ3n) is 2.15. The van der Waals surface area contributed by atoms with Crippen molar-refractivity contribution >= 4 is 91.3 Å². The highest BCUT2D eigenvalue weighted by molar-refractivity contribution is 9.10. The lowest BCUT2D eigenvalue weighted by atomic mass is 10.3. The maximum Gasteiger partial charge on any atom is 0.236 e. The molecular weight excluding hydrogens is 444 g/mol. The first-order chi connectivity index (χ1) is 9.74. The highest BCUT2D eigenvalue weighted by atomic mass is 79.9. The topological polar surface area (TPSA) is 53.2 Å². The number of benzene rings is 1. The molecule has 0 saturated heterocycles. The number of amides is 1. The van der Waals surface area contributed by atoms with E-state index in [-0.39, 0.29) is 11.0 Å². The lowest BCUT2D eigenvalue weighted by Crippen LogP contribution is -2.56. The van der Waals surface area contributed by atoms with Gasteiger partial charge < -0.3 is 16.0 Å². The van der Waals surface area contributed by atoms with Crippen LogP contribution in [-0.2, 0) is 4.79 Å². The molecule has 0 aromatic heterocycles. The second kappa shape index (κ2) is 8.60. The van der Waals surface area contributed by atoms with Gasteiger partial charge in [0.2, 0.25) is 9.70 Å². The lowest BCUT2D eigenvalue weighted by molar-refractivity contribution is -0.119. The summed E-state index contributed by atoms with van der Waals surface area (Å²) in [5, 5.41) is 8.22. The van der Waals surface area contributed by atoms with Crippen LogP contribution in [0.3, 0.4) is 0 Å². The first kappa shape index (κ1) is 19.1. The number of halogens is 5. The zero-order chi connectivity index (χ0) is 16.0. The van der Waals surface area contributed by atoms with E-state index in [1.54, 1.807) is 6.07 Å². The second-order valence-corrected chi connectivity index (χ2v) is 7.65. The number of carbonyl (C=O) groups excluding carboxylic acids is 1. The van der Waals surface area contributed by atoms with Crippen LogP contribution in [0.5, 0.6) is 0 Å². The van der Waals surface area contributed by atoms with Crippen LogP contribution in [-0.4, -0.2) is 26.9 Å². The number of anilines is 1. The molecule has 10 heteroatoms. The zero-order valence-corrected chi connectivity index (χ0v) is 15.7. The van der Waals surface area contributed by atoms with E-state index in [4.69, 9.17) is 58.6 Å². The van der Waals surface area contributed by atoms with Crippen molar-refractivity contribution < 1.29 is 4.79 Å². The van der Waals surface area contributed by atoms with E-state index in [0.717, 1.165) is 10.2 Å². The molecule has 0 aliphatic rings. The molecule has 0 aliphatic heterocycles. The minimum Gasteiger partial charge on any atom is -0.339 e. The summed E-state index contributed by atoms with van der Waals surface area (Å²) in [4.78, 5) is 11.3. The molecule has 21 heavy (non-hydrogen) atoms. The Kier molecular flexibility index (Phi) is 7.81. The summed E-state index contributed by atoms with van der Waals surface area (Å²) in [6.07, 6.45) is -1.03. The Morgan fingerprint density at radius 1 is 1.29 bits per heavy atom. The molecule has 0 bridgehead atoms. The fraction of sp³-hybridized carbons (Fsp3) is 0.273. The minimum atomic E-state index is -1.80. The van der Waals surface area contributed by atoms with Gasteiger partial charge in [0.25, 0.3) is 0 Å². The summed E-state index contributed by atoms with van der Waals surface area (Å²) in [7, 11) is 0. The fourth-order valence-electron chi connectivity index (χ4n) is 1.25. The van der Waals surface area contributed by atoms with Crippen molar-refractivity contribution in [3.8, 4) is 0 Å². The molecule has 1 rings (SSSR count). The molecule has 116 valence electrons. The van der Waals surface area contributed by atoms with Gasteiger partial charge in [-0.3, -0.25) is 4.79 Å². The molecule has 3 N–H and O–H groups in total. The van der Waals surface area contributed by atoms with E-state index < -0.39 is 15.9 Å². The van der Waals surface area contributed by atoms with Gasteiger partial charge in [-0.2, -0.15) is 0 Å². The van der Waals surface area contributed by atoms with Crippen molar-refractivity contribution in [2.75, 3.05) is 11.2 Å². The highest BCUT2D eigenvalue weighted by Crippen LogP contribution is 2.29. The summed E-state index contributed by atoms with van der Waals surface area (Å²) < 4.78 is -0.995. The van der Waals surface area contributed by atoms with Crippen LogP contribution in [0.2, 0.25) is 0 Å². The van der Waals surface area contributed by atoms with Crippen molar-refractivity contribution in [2.24, 2.45) is 0 Å². The van der Waals surface area contributed by atoms with E-state index in [1.807, 2.05) is 18.2 Å². The Hall–Kier alpha value is 0.0200. The quantitative estimate of drug-likeness (QED) is 0.369. The first-order valence-electron chi connectivity index (χ1n) is 5.48. The summed E-state index contributed by atoms with van der Waals surface area (Å²) in [5.74, 6) is -0.757. The van der Waals surface area contributed by atoms with Gasteiger partial charge >= 0.3 is 0 Å². The normalized spacial score (nSPS) is 12.4. The van der Waals surface area contributed by atoms with Gasteiger partial charge in [-0.1, -0.05) is 46.9 Å². The summed E-state index contributed by atoms with van der Waals surface area (Å²) in [6, 6.07) is 7.33. The minimum absolute atomic E-state index is 0.174. The third-order valence-corrected chi connectivity index (χ3v) is 3.96. The van der Waals surface area contributed by atoms with Crippen molar-refractivity contribution in [3.63, 3.8) is 0 Å². The number of thiocarbonyl (C=S) groups is 1. The Bertz CT molecular complexity index is 526. The zero-order valence-electron chi connectivity index (χ0n) is 10.3. The first-order valence-corrected chi connectivity index (χ1v) is 8.35. The van der Waals surface area contributed by atoms with Crippen molar-refractivity contribution in [1.29, 1.82) is 0 Å². The molecule has 0 radical (unpaired) electrons. The van der Waals surface area contributed by atoms with Crippen molar-refractivity contribution in [3.05, 3.63) is 28.7 Å². The van der Waals surface area contributed by atoms with E-state index in [0.29, 0.717) is 0 Å². The average molecular weight is 454 g/mol. The third kappa shape index (κ3) is 6.76. The molecule has 1 aromatic rings. The van der Waals surface area contributed by atoms with Crippen LogP contribution in [0.1, 0.15) is 0 Å². The Labute approximate surface area is 156 Å². The number of hydrogen-bond acceptors (Lipinski definition) is 2. The van der Waals surface area contributed by atoms with Crippen molar-refractivity contribution in [2.45, 2.75) is 9.96 Å². The molecule has 0 heterocycles. The molecule has 0 spiro atoms. The second-order valence-electron chi connectivity index (χ2n) is 3.75. The average Bonchev–Trinajstić information content (AvgIpc) is 2.39. The van der Waals surface area contributed by atoms with Gasteiger partial charge in [0.1, 0.15) is 12.0 Å². The van der Waals surface area contributed by atoms with Gasteiger partial charge in [0.15, 0.2) is 5.11 Å². The SMILES string of the molecule is O=C(CCl)N[C@H](NC(=S)Nc1ccccc1Br)C(Cl)(Cl)Cl. The molecule has 0 aliphatic carbocycles.